The molecule has 0 fully saturated rings. The minimum absolute atomic E-state index is 0.0267. The molecular formula is C24H19F2N5O2. The van der Waals surface area contributed by atoms with Gasteiger partial charge >= 0.3 is 0 Å². The number of aromatic nitrogens is 3. The van der Waals surface area contributed by atoms with Crippen molar-refractivity contribution < 1.29 is 18.3 Å². The zero-order valence-electron chi connectivity index (χ0n) is 17.5. The number of methoxy groups -OCH3 is 1. The molecule has 7 nitrogen and oxygen atoms in total. The minimum Gasteiger partial charge on any atom is -0.481 e. The number of carbonyl (C=O) groups excluding carboxylic acids is 1. The van der Waals surface area contributed by atoms with Gasteiger partial charge in [0.1, 0.15) is 23.1 Å². The van der Waals surface area contributed by atoms with Gasteiger partial charge < -0.3 is 16.2 Å². The number of Topliss-reactive ketones (excluding diaryl/α,β-unsaturated/α-hetero) is 1. The minimum atomic E-state index is -0.788. The number of rotatable bonds is 6. The fraction of sp³-hybridized carbons (Fsp3) is 0.0833. The Morgan fingerprint density at radius 3 is 2.52 bits per heavy atom. The number of ketones is 1. The summed E-state index contributed by atoms with van der Waals surface area (Å²) < 4.78 is 33.6. The fourth-order valence-corrected chi connectivity index (χ4v) is 3.47. The summed E-state index contributed by atoms with van der Waals surface area (Å²) in [5, 5.41) is 0. The predicted molar refractivity (Wildman–Crippen MR) is 120 cm³/mol. The molecule has 0 aliphatic rings. The van der Waals surface area contributed by atoms with Crippen molar-refractivity contribution in [1.29, 1.82) is 0 Å². The van der Waals surface area contributed by atoms with E-state index in [0.717, 1.165) is 12.1 Å². The Bertz CT molecular complexity index is 1340. The number of carbonyl (C=O) groups is 1. The van der Waals surface area contributed by atoms with Crippen molar-refractivity contribution in [2.45, 2.75) is 6.42 Å². The van der Waals surface area contributed by atoms with Crippen LogP contribution in [-0.4, -0.2) is 27.8 Å². The Morgan fingerprint density at radius 1 is 1.03 bits per heavy atom. The lowest BCUT2D eigenvalue weighted by atomic mass is 9.97. The highest BCUT2D eigenvalue weighted by molar-refractivity contribution is 6.01. The molecule has 4 N–H and O–H groups in total. The van der Waals surface area contributed by atoms with E-state index in [-0.39, 0.29) is 34.9 Å². The van der Waals surface area contributed by atoms with E-state index >= 15 is 0 Å². The first-order valence-electron chi connectivity index (χ1n) is 9.86. The number of nitrogens with zero attached hydrogens (tertiary/aromatic N) is 3. The monoisotopic (exact) mass is 447 g/mol. The molecule has 0 unspecified atom stereocenters. The second-order valence-corrected chi connectivity index (χ2v) is 7.19. The summed E-state index contributed by atoms with van der Waals surface area (Å²) >= 11 is 0. The lowest BCUT2D eigenvalue weighted by Crippen LogP contribution is -2.11. The number of hydrogen-bond acceptors (Lipinski definition) is 7. The van der Waals surface area contributed by atoms with Gasteiger partial charge in [-0.2, -0.15) is 4.98 Å². The van der Waals surface area contributed by atoms with Crippen LogP contribution in [-0.2, 0) is 6.42 Å². The molecule has 0 amide bonds. The number of nitrogens with two attached hydrogens (primary N) is 2. The van der Waals surface area contributed by atoms with E-state index in [1.165, 1.54) is 25.3 Å². The van der Waals surface area contributed by atoms with E-state index in [0.29, 0.717) is 22.6 Å². The van der Waals surface area contributed by atoms with Crippen LogP contribution in [0.4, 0.5) is 20.3 Å². The standard InChI is InChI=1S/C24H19F2N5O2/c1-33-22-11-13(10-21(28)31-22)15-7-8-29-12-14(15)9-20(32)24-18(27)5-6-19(30-24)23-16(25)3-2-4-17(23)26/h2-8,10-12H,9,27H2,1H3,(H2,28,31). The molecule has 0 aliphatic carbocycles. The number of nitrogen functional groups attached to an aromatic ring is 2. The van der Waals surface area contributed by atoms with Crippen molar-refractivity contribution in [3.8, 4) is 28.3 Å². The number of halogens is 2. The molecule has 33 heavy (non-hydrogen) atoms. The highest BCUT2D eigenvalue weighted by Gasteiger charge is 2.19. The Morgan fingerprint density at radius 2 is 1.79 bits per heavy atom. The molecule has 0 aliphatic heterocycles. The molecule has 3 heterocycles. The zero-order valence-corrected chi connectivity index (χ0v) is 17.5. The van der Waals surface area contributed by atoms with E-state index < -0.39 is 17.4 Å². The van der Waals surface area contributed by atoms with Crippen LogP contribution >= 0.6 is 0 Å². The third kappa shape index (κ3) is 4.47. The Labute approximate surface area is 188 Å². The van der Waals surface area contributed by atoms with Crippen LogP contribution in [0.2, 0.25) is 0 Å². The van der Waals surface area contributed by atoms with Gasteiger partial charge in [0, 0.05) is 24.9 Å². The van der Waals surface area contributed by atoms with Gasteiger partial charge in [-0.15, -0.1) is 0 Å². The van der Waals surface area contributed by atoms with Crippen LogP contribution in [0.25, 0.3) is 22.4 Å². The molecule has 0 radical (unpaired) electrons. The molecule has 1 aromatic carbocycles. The van der Waals surface area contributed by atoms with Crippen LogP contribution in [0.15, 0.2) is 60.9 Å². The molecule has 4 aromatic rings. The Hall–Kier alpha value is -4.40. The van der Waals surface area contributed by atoms with Crippen molar-refractivity contribution in [2.75, 3.05) is 18.6 Å². The average molecular weight is 447 g/mol. The zero-order chi connectivity index (χ0) is 23.5. The first kappa shape index (κ1) is 21.8. The van der Waals surface area contributed by atoms with Crippen LogP contribution in [0, 0.1) is 11.6 Å². The summed E-state index contributed by atoms with van der Waals surface area (Å²) in [6.07, 6.45) is 3.03. The SMILES string of the molecule is COc1cc(-c2ccncc2CC(=O)c2nc(-c3c(F)cccc3F)ccc2N)cc(N)n1. The third-order valence-corrected chi connectivity index (χ3v) is 5.01. The molecule has 9 heteroatoms. The largest absolute Gasteiger partial charge is 0.481 e. The number of pyridine rings is 3. The first-order valence-corrected chi connectivity index (χ1v) is 9.86. The highest BCUT2D eigenvalue weighted by Crippen LogP contribution is 2.30. The molecule has 0 saturated carbocycles. The van der Waals surface area contributed by atoms with Crippen molar-refractivity contribution >= 4 is 17.3 Å². The topological polar surface area (TPSA) is 117 Å². The quantitative estimate of drug-likeness (QED) is 0.428. The van der Waals surface area contributed by atoms with E-state index in [4.69, 9.17) is 16.2 Å². The summed E-state index contributed by atoms with van der Waals surface area (Å²) in [6, 6.07) is 11.3. The van der Waals surface area contributed by atoms with Crippen molar-refractivity contribution in [2.24, 2.45) is 0 Å². The van der Waals surface area contributed by atoms with Crippen LogP contribution in [0.1, 0.15) is 16.1 Å². The second-order valence-electron chi connectivity index (χ2n) is 7.19. The van der Waals surface area contributed by atoms with Gasteiger partial charge in [-0.25, -0.2) is 13.8 Å². The molecule has 0 spiro atoms. The molecule has 4 rings (SSSR count). The van der Waals surface area contributed by atoms with E-state index in [1.807, 2.05) is 0 Å². The normalized spacial score (nSPS) is 10.8. The number of benzene rings is 1. The lowest BCUT2D eigenvalue weighted by Gasteiger charge is -2.12. The van der Waals surface area contributed by atoms with Crippen molar-refractivity contribution in [3.63, 3.8) is 0 Å². The Kier molecular flexibility index (Phi) is 5.95. The molecule has 3 aromatic heterocycles. The lowest BCUT2D eigenvalue weighted by molar-refractivity contribution is 0.0989. The van der Waals surface area contributed by atoms with Gasteiger partial charge in [0.15, 0.2) is 5.78 Å². The highest BCUT2D eigenvalue weighted by atomic mass is 19.1. The van der Waals surface area contributed by atoms with Crippen LogP contribution in [0.3, 0.4) is 0 Å². The van der Waals surface area contributed by atoms with Crippen molar-refractivity contribution in [3.05, 3.63) is 83.8 Å². The number of anilines is 2. The number of ether oxygens (including phenoxy) is 1. The Balaban J connectivity index is 1.72. The maximum Gasteiger partial charge on any atom is 0.215 e. The number of hydrogen-bond donors (Lipinski definition) is 2. The summed E-state index contributed by atoms with van der Waals surface area (Å²) in [5.41, 5.74) is 13.5. The summed E-state index contributed by atoms with van der Waals surface area (Å²) in [5.74, 6) is -1.43. The average Bonchev–Trinajstić information content (AvgIpc) is 2.79. The fourth-order valence-electron chi connectivity index (χ4n) is 3.47. The summed E-state index contributed by atoms with van der Waals surface area (Å²) in [6.45, 7) is 0. The third-order valence-electron chi connectivity index (χ3n) is 5.01. The van der Waals surface area contributed by atoms with Crippen LogP contribution < -0.4 is 16.2 Å². The molecular weight excluding hydrogens is 428 g/mol. The van der Waals surface area contributed by atoms with Crippen LogP contribution in [0.5, 0.6) is 5.88 Å². The van der Waals surface area contributed by atoms with Crippen molar-refractivity contribution in [1.82, 2.24) is 15.0 Å². The maximum atomic E-state index is 14.2. The van der Waals surface area contributed by atoms with E-state index in [1.54, 1.807) is 30.6 Å². The smallest absolute Gasteiger partial charge is 0.215 e. The maximum absolute atomic E-state index is 14.2. The molecule has 0 bridgehead atoms. The van der Waals surface area contributed by atoms with E-state index in [2.05, 4.69) is 15.0 Å². The molecule has 0 saturated heterocycles. The predicted octanol–water partition coefficient (Wildman–Crippen LogP) is 4.08. The van der Waals surface area contributed by atoms with Gasteiger partial charge in [-0.1, -0.05) is 6.07 Å². The van der Waals surface area contributed by atoms with Gasteiger partial charge in [-0.05, 0) is 53.1 Å². The summed E-state index contributed by atoms with van der Waals surface area (Å²) in [4.78, 5) is 25.5. The first-order chi connectivity index (χ1) is 15.9. The second kappa shape index (κ2) is 8.99. The van der Waals surface area contributed by atoms with E-state index in [9.17, 15) is 13.6 Å². The van der Waals surface area contributed by atoms with Gasteiger partial charge in [0.25, 0.3) is 0 Å². The molecule has 0 atom stereocenters. The molecule has 166 valence electrons. The van der Waals surface area contributed by atoms with Gasteiger partial charge in [-0.3, -0.25) is 9.78 Å². The van der Waals surface area contributed by atoms with Gasteiger partial charge in [0.05, 0.1) is 24.1 Å². The van der Waals surface area contributed by atoms with Gasteiger partial charge in [0.2, 0.25) is 5.88 Å². The summed E-state index contributed by atoms with van der Waals surface area (Å²) in [7, 11) is 1.47.